The first-order valence-electron chi connectivity index (χ1n) is 4.47. The molecule has 0 saturated carbocycles. The van der Waals surface area contributed by atoms with Crippen molar-refractivity contribution in [1.29, 1.82) is 0 Å². The van der Waals surface area contributed by atoms with Crippen molar-refractivity contribution < 1.29 is 4.79 Å². The zero-order chi connectivity index (χ0) is 9.97. The highest BCUT2D eigenvalue weighted by molar-refractivity contribution is 6.13. The van der Waals surface area contributed by atoms with Crippen molar-refractivity contribution in [2.24, 2.45) is 0 Å². The van der Waals surface area contributed by atoms with Crippen molar-refractivity contribution >= 4 is 16.6 Å². The van der Waals surface area contributed by atoms with E-state index in [1.807, 2.05) is 42.5 Å². The minimum absolute atomic E-state index is 0.0261. The molecule has 0 N–H and O–H groups in total. The molecule has 1 nitrogen and oxygen atoms in total. The van der Waals surface area contributed by atoms with Crippen LogP contribution in [0.25, 0.3) is 10.8 Å². The van der Waals surface area contributed by atoms with Crippen LogP contribution in [-0.4, -0.2) is 5.78 Å². The number of allylic oxidation sites excluding steroid dienone is 1. The monoisotopic (exact) mass is 182 g/mol. The molecular weight excluding hydrogens is 172 g/mol. The van der Waals surface area contributed by atoms with Crippen LogP contribution >= 0.6 is 0 Å². The van der Waals surface area contributed by atoms with Crippen molar-refractivity contribution in [3.8, 4) is 0 Å². The first kappa shape index (κ1) is 8.70. The smallest absolute Gasteiger partial charge is 0.185 e. The van der Waals surface area contributed by atoms with Gasteiger partial charge in [0.1, 0.15) is 0 Å². The molecule has 0 radical (unpaired) electrons. The summed E-state index contributed by atoms with van der Waals surface area (Å²) in [5, 5.41) is 2.07. The molecule has 0 aliphatic carbocycles. The second-order valence-electron chi connectivity index (χ2n) is 3.10. The molecule has 14 heavy (non-hydrogen) atoms. The maximum atomic E-state index is 11.5. The molecular formula is C13H10O. The molecule has 0 fully saturated rings. The number of rotatable bonds is 2. The fourth-order valence-corrected chi connectivity index (χ4v) is 1.55. The van der Waals surface area contributed by atoms with Crippen LogP contribution < -0.4 is 0 Å². The van der Waals surface area contributed by atoms with E-state index in [2.05, 4.69) is 6.58 Å². The number of hydrogen-bond acceptors (Lipinski definition) is 1. The van der Waals surface area contributed by atoms with Gasteiger partial charge in [-0.1, -0.05) is 49.0 Å². The highest BCUT2D eigenvalue weighted by Crippen LogP contribution is 2.18. The number of benzene rings is 2. The molecule has 0 heterocycles. The molecule has 2 aromatic carbocycles. The number of carbonyl (C=O) groups excluding carboxylic acids is 1. The summed E-state index contributed by atoms with van der Waals surface area (Å²) in [4.78, 5) is 11.5. The molecule has 0 atom stereocenters. The lowest BCUT2D eigenvalue weighted by molar-refractivity contribution is 0.104. The van der Waals surface area contributed by atoms with Gasteiger partial charge in [0.2, 0.25) is 0 Å². The molecule has 0 saturated heterocycles. The van der Waals surface area contributed by atoms with E-state index >= 15 is 0 Å². The first-order valence-corrected chi connectivity index (χ1v) is 4.47. The summed E-state index contributed by atoms with van der Waals surface area (Å²) in [5.41, 5.74) is 0.720. The average molecular weight is 182 g/mol. The Morgan fingerprint density at radius 3 is 2.57 bits per heavy atom. The summed E-state index contributed by atoms with van der Waals surface area (Å²) in [6, 6.07) is 13.6. The van der Waals surface area contributed by atoms with Gasteiger partial charge in [-0.2, -0.15) is 0 Å². The van der Waals surface area contributed by atoms with Gasteiger partial charge < -0.3 is 0 Å². The summed E-state index contributed by atoms with van der Waals surface area (Å²) in [7, 11) is 0. The summed E-state index contributed by atoms with van der Waals surface area (Å²) >= 11 is 0. The second kappa shape index (κ2) is 3.46. The zero-order valence-corrected chi connectivity index (χ0v) is 7.73. The third-order valence-electron chi connectivity index (χ3n) is 2.24. The van der Waals surface area contributed by atoms with E-state index in [4.69, 9.17) is 0 Å². The highest BCUT2D eigenvalue weighted by Gasteiger charge is 2.04. The second-order valence-corrected chi connectivity index (χ2v) is 3.10. The van der Waals surface area contributed by atoms with Gasteiger partial charge in [0.05, 0.1) is 0 Å². The van der Waals surface area contributed by atoms with E-state index in [0.717, 1.165) is 16.3 Å². The average Bonchev–Trinajstić information content (AvgIpc) is 2.27. The Kier molecular flexibility index (Phi) is 2.15. The lowest BCUT2D eigenvalue weighted by atomic mass is 10.0. The summed E-state index contributed by atoms with van der Waals surface area (Å²) in [6.45, 7) is 3.49. The van der Waals surface area contributed by atoms with Crippen LogP contribution in [0.15, 0.2) is 55.1 Å². The van der Waals surface area contributed by atoms with Gasteiger partial charge in [-0.3, -0.25) is 4.79 Å². The fraction of sp³-hybridized carbons (Fsp3) is 0. The van der Waals surface area contributed by atoms with Crippen LogP contribution in [0.3, 0.4) is 0 Å². The number of ketones is 1. The van der Waals surface area contributed by atoms with E-state index in [-0.39, 0.29) is 5.78 Å². The molecule has 0 spiro atoms. The van der Waals surface area contributed by atoms with Gasteiger partial charge >= 0.3 is 0 Å². The van der Waals surface area contributed by atoms with E-state index in [1.165, 1.54) is 6.08 Å². The minimum Gasteiger partial charge on any atom is -0.289 e. The molecule has 2 rings (SSSR count). The van der Waals surface area contributed by atoms with E-state index in [1.54, 1.807) is 0 Å². The van der Waals surface area contributed by atoms with E-state index in [0.29, 0.717) is 0 Å². The van der Waals surface area contributed by atoms with Crippen molar-refractivity contribution in [3.05, 3.63) is 60.7 Å². The van der Waals surface area contributed by atoms with E-state index in [9.17, 15) is 4.79 Å². The first-order chi connectivity index (χ1) is 6.83. The highest BCUT2D eigenvalue weighted by atomic mass is 16.1. The molecule has 0 aliphatic heterocycles. The Balaban J connectivity index is 2.77. The maximum absolute atomic E-state index is 11.5. The Bertz CT molecular complexity index is 492. The van der Waals surface area contributed by atoms with Gasteiger partial charge in [-0.15, -0.1) is 0 Å². The molecule has 1 heteroatoms. The normalized spacial score (nSPS) is 10.0. The molecule has 0 bridgehead atoms. The van der Waals surface area contributed by atoms with Crippen LogP contribution in [0.2, 0.25) is 0 Å². The molecule has 0 aromatic heterocycles. The number of hydrogen-bond donors (Lipinski definition) is 0. The zero-order valence-electron chi connectivity index (χ0n) is 7.73. The van der Waals surface area contributed by atoms with Gasteiger partial charge in [0, 0.05) is 5.56 Å². The predicted molar refractivity (Wildman–Crippen MR) is 58.5 cm³/mol. The van der Waals surface area contributed by atoms with E-state index < -0.39 is 0 Å². The summed E-state index contributed by atoms with van der Waals surface area (Å²) in [5.74, 6) is -0.0261. The summed E-state index contributed by atoms with van der Waals surface area (Å²) in [6.07, 6.45) is 1.35. The van der Waals surface area contributed by atoms with Gasteiger partial charge in [-0.05, 0) is 16.8 Å². The predicted octanol–water partition coefficient (Wildman–Crippen LogP) is 3.21. The van der Waals surface area contributed by atoms with Crippen molar-refractivity contribution in [1.82, 2.24) is 0 Å². The third kappa shape index (κ3) is 1.33. The van der Waals surface area contributed by atoms with Crippen LogP contribution in [-0.2, 0) is 0 Å². The van der Waals surface area contributed by atoms with Gasteiger partial charge in [-0.25, -0.2) is 0 Å². The molecule has 0 unspecified atom stereocenters. The largest absolute Gasteiger partial charge is 0.289 e. The SMILES string of the molecule is C=CC(=O)c1cccc2ccccc12. The van der Waals surface area contributed by atoms with Crippen molar-refractivity contribution in [2.45, 2.75) is 0 Å². The maximum Gasteiger partial charge on any atom is 0.185 e. The Morgan fingerprint density at radius 2 is 1.79 bits per heavy atom. The lowest BCUT2D eigenvalue weighted by Crippen LogP contribution is -1.94. The molecule has 0 aliphatic rings. The Hall–Kier alpha value is -1.89. The molecule has 0 amide bonds. The number of carbonyl (C=O) groups is 1. The van der Waals surface area contributed by atoms with Crippen molar-refractivity contribution in [3.63, 3.8) is 0 Å². The van der Waals surface area contributed by atoms with Crippen LogP contribution in [0.5, 0.6) is 0 Å². The van der Waals surface area contributed by atoms with Crippen LogP contribution in [0, 0.1) is 0 Å². The molecule has 2 aromatic rings. The van der Waals surface area contributed by atoms with Crippen LogP contribution in [0.1, 0.15) is 10.4 Å². The molecule has 68 valence electrons. The quantitative estimate of drug-likeness (QED) is 0.515. The van der Waals surface area contributed by atoms with Crippen LogP contribution in [0.4, 0.5) is 0 Å². The summed E-state index contributed by atoms with van der Waals surface area (Å²) < 4.78 is 0. The fourth-order valence-electron chi connectivity index (χ4n) is 1.55. The standard InChI is InChI=1S/C13H10O/c1-2-13(14)12-9-5-7-10-6-3-4-8-11(10)12/h2-9H,1H2. The number of fused-ring (bicyclic) bond motifs is 1. The third-order valence-corrected chi connectivity index (χ3v) is 2.24. The topological polar surface area (TPSA) is 17.1 Å². The Labute approximate surface area is 82.7 Å². The van der Waals surface area contributed by atoms with Gasteiger partial charge in [0.15, 0.2) is 5.78 Å². The minimum atomic E-state index is -0.0261. The van der Waals surface area contributed by atoms with Crippen molar-refractivity contribution in [2.75, 3.05) is 0 Å². The lowest BCUT2D eigenvalue weighted by Gasteiger charge is -2.01. The Morgan fingerprint density at radius 1 is 1.07 bits per heavy atom. The van der Waals surface area contributed by atoms with Gasteiger partial charge in [0.25, 0.3) is 0 Å².